The van der Waals surface area contributed by atoms with Crippen molar-refractivity contribution in [2.45, 2.75) is 25.0 Å². The molecule has 1 N–H and O–H groups in total. The number of carbonyl (C=O) groups is 1. The lowest BCUT2D eigenvalue weighted by Crippen LogP contribution is -2.64. The molecule has 2 fully saturated rings. The van der Waals surface area contributed by atoms with Gasteiger partial charge in [-0.05, 0) is 30.2 Å². The fraction of sp³-hybridized carbons (Fsp3) is 0.556. The molecular formula is C18H24N4O2S. The van der Waals surface area contributed by atoms with Gasteiger partial charge in [0, 0.05) is 57.1 Å². The molecule has 2 aromatic rings. The van der Waals surface area contributed by atoms with Crippen LogP contribution in [0.25, 0.3) is 0 Å². The van der Waals surface area contributed by atoms with Gasteiger partial charge < -0.3 is 14.6 Å². The number of carbonyl (C=O) groups excluding carboxylic acids is 1. The van der Waals surface area contributed by atoms with E-state index >= 15 is 0 Å². The molecule has 1 amide bonds. The minimum Gasteiger partial charge on any atom is -0.372 e. The van der Waals surface area contributed by atoms with Crippen LogP contribution in [0.2, 0.25) is 0 Å². The molecule has 25 heavy (non-hydrogen) atoms. The summed E-state index contributed by atoms with van der Waals surface area (Å²) in [4.78, 5) is 20.1. The van der Waals surface area contributed by atoms with E-state index in [-0.39, 0.29) is 11.5 Å². The van der Waals surface area contributed by atoms with Crippen LogP contribution in [0.1, 0.15) is 28.3 Å². The summed E-state index contributed by atoms with van der Waals surface area (Å²) in [6.45, 7) is 4.54. The van der Waals surface area contributed by atoms with Crippen molar-refractivity contribution in [1.29, 1.82) is 0 Å². The molecule has 2 saturated heterocycles. The molecule has 0 radical (unpaired) electrons. The van der Waals surface area contributed by atoms with E-state index in [9.17, 15) is 4.79 Å². The van der Waals surface area contributed by atoms with Gasteiger partial charge in [0.1, 0.15) is 0 Å². The van der Waals surface area contributed by atoms with Crippen molar-refractivity contribution < 1.29 is 9.53 Å². The monoisotopic (exact) mass is 360 g/mol. The fourth-order valence-electron chi connectivity index (χ4n) is 4.01. The second-order valence-corrected chi connectivity index (χ2v) is 8.06. The second kappa shape index (κ2) is 6.90. The van der Waals surface area contributed by atoms with Crippen molar-refractivity contribution >= 4 is 17.2 Å². The number of likely N-dealkylation sites (tertiary alicyclic amines) is 1. The molecule has 1 atom stereocenters. The highest BCUT2D eigenvalue weighted by atomic mass is 32.1. The number of rotatable bonds is 6. The average molecular weight is 360 g/mol. The summed E-state index contributed by atoms with van der Waals surface area (Å²) >= 11 is 1.81. The highest BCUT2D eigenvalue weighted by Crippen LogP contribution is 2.42. The number of aryl methyl sites for hydroxylation is 1. The third-order valence-corrected chi connectivity index (χ3v) is 6.21. The average Bonchev–Trinajstić information content (AvgIpc) is 3.28. The zero-order chi connectivity index (χ0) is 17.3. The standard InChI is InChI=1S/C18H24N4O2S/c1-21-8-7-19-16(21)17(23)20-6-4-14-5-9-24-18(14)12-22(13-18)11-15-3-2-10-25-15/h2-3,7-8,10,14H,4-6,9,11-13H2,1H3,(H,20,23)/t14-/m0/s1. The molecular weight excluding hydrogens is 336 g/mol. The van der Waals surface area contributed by atoms with Gasteiger partial charge in [-0.2, -0.15) is 0 Å². The van der Waals surface area contributed by atoms with Crippen LogP contribution in [0, 0.1) is 5.92 Å². The molecule has 2 aliphatic heterocycles. The van der Waals surface area contributed by atoms with Crippen LogP contribution in [0.15, 0.2) is 29.9 Å². The van der Waals surface area contributed by atoms with E-state index in [1.54, 1.807) is 17.0 Å². The van der Waals surface area contributed by atoms with E-state index in [1.807, 2.05) is 18.4 Å². The van der Waals surface area contributed by atoms with Gasteiger partial charge in [0.15, 0.2) is 5.82 Å². The van der Waals surface area contributed by atoms with Crippen LogP contribution in [0.4, 0.5) is 0 Å². The van der Waals surface area contributed by atoms with E-state index in [0.29, 0.717) is 18.3 Å². The molecule has 2 aliphatic rings. The quantitative estimate of drug-likeness (QED) is 0.855. The molecule has 0 unspecified atom stereocenters. The van der Waals surface area contributed by atoms with Gasteiger partial charge in [0.2, 0.25) is 0 Å². The molecule has 0 aliphatic carbocycles. The predicted molar refractivity (Wildman–Crippen MR) is 96.5 cm³/mol. The van der Waals surface area contributed by atoms with Crippen LogP contribution in [-0.2, 0) is 18.3 Å². The first-order valence-electron chi connectivity index (χ1n) is 8.80. The number of aromatic nitrogens is 2. The molecule has 1 spiro atoms. The summed E-state index contributed by atoms with van der Waals surface area (Å²) in [6.07, 6.45) is 5.48. The Balaban J connectivity index is 1.25. The Hall–Kier alpha value is -1.70. The van der Waals surface area contributed by atoms with Gasteiger partial charge in [-0.1, -0.05) is 6.07 Å². The number of ether oxygens (including phenoxy) is 1. The Morgan fingerprint density at radius 2 is 2.40 bits per heavy atom. The van der Waals surface area contributed by atoms with Crippen LogP contribution < -0.4 is 5.32 Å². The maximum absolute atomic E-state index is 12.1. The van der Waals surface area contributed by atoms with Crippen LogP contribution in [0.3, 0.4) is 0 Å². The highest BCUT2D eigenvalue weighted by Gasteiger charge is 2.52. The summed E-state index contributed by atoms with van der Waals surface area (Å²) in [6, 6.07) is 4.30. The molecule has 4 rings (SSSR count). The van der Waals surface area contributed by atoms with Crippen LogP contribution >= 0.6 is 11.3 Å². The molecule has 6 nitrogen and oxygen atoms in total. The normalized spacial score (nSPS) is 22.2. The lowest BCUT2D eigenvalue weighted by atomic mass is 9.79. The van der Waals surface area contributed by atoms with Crippen molar-refractivity contribution in [3.05, 3.63) is 40.6 Å². The van der Waals surface area contributed by atoms with Gasteiger partial charge in [-0.15, -0.1) is 11.3 Å². The van der Waals surface area contributed by atoms with E-state index in [1.165, 1.54) is 4.88 Å². The smallest absolute Gasteiger partial charge is 0.287 e. The van der Waals surface area contributed by atoms with Gasteiger partial charge in [-0.25, -0.2) is 4.98 Å². The molecule has 7 heteroatoms. The van der Waals surface area contributed by atoms with Crippen molar-refractivity contribution in [2.75, 3.05) is 26.2 Å². The Morgan fingerprint density at radius 1 is 1.52 bits per heavy atom. The van der Waals surface area contributed by atoms with Gasteiger partial charge in [0.25, 0.3) is 5.91 Å². The number of amides is 1. The number of nitrogens with zero attached hydrogens (tertiary/aromatic N) is 3. The lowest BCUT2D eigenvalue weighted by Gasteiger charge is -2.50. The molecule has 4 heterocycles. The first kappa shape index (κ1) is 16.8. The summed E-state index contributed by atoms with van der Waals surface area (Å²) < 4.78 is 7.86. The van der Waals surface area contributed by atoms with Gasteiger partial charge in [0.05, 0.1) is 5.60 Å². The Morgan fingerprint density at radius 3 is 3.12 bits per heavy atom. The SMILES string of the molecule is Cn1ccnc1C(=O)NCC[C@H]1CCOC12CN(Cc1cccs1)C2. The van der Waals surface area contributed by atoms with Crippen LogP contribution in [0.5, 0.6) is 0 Å². The van der Waals surface area contributed by atoms with Gasteiger partial charge >= 0.3 is 0 Å². The highest BCUT2D eigenvalue weighted by molar-refractivity contribution is 7.09. The molecule has 134 valence electrons. The van der Waals surface area contributed by atoms with Crippen molar-refractivity contribution in [3.63, 3.8) is 0 Å². The number of hydrogen-bond acceptors (Lipinski definition) is 5. The molecule has 2 aromatic heterocycles. The largest absolute Gasteiger partial charge is 0.372 e. The van der Waals surface area contributed by atoms with E-state index < -0.39 is 0 Å². The minimum atomic E-state index is -0.103. The van der Waals surface area contributed by atoms with Crippen molar-refractivity contribution in [3.8, 4) is 0 Å². The second-order valence-electron chi connectivity index (χ2n) is 7.03. The molecule has 0 bridgehead atoms. The third-order valence-electron chi connectivity index (χ3n) is 5.34. The first-order valence-corrected chi connectivity index (χ1v) is 9.68. The lowest BCUT2D eigenvalue weighted by molar-refractivity contribution is -0.136. The Bertz CT molecular complexity index is 721. The third kappa shape index (κ3) is 3.36. The van der Waals surface area contributed by atoms with Crippen LogP contribution in [-0.4, -0.2) is 52.2 Å². The van der Waals surface area contributed by atoms with E-state index in [0.717, 1.165) is 39.1 Å². The number of imidazole rings is 1. The Labute approximate surface area is 151 Å². The zero-order valence-electron chi connectivity index (χ0n) is 14.5. The molecule has 0 aromatic carbocycles. The summed E-state index contributed by atoms with van der Waals surface area (Å²) in [5.41, 5.74) is 0.00517. The maximum atomic E-state index is 12.1. The molecule has 0 saturated carbocycles. The number of thiophene rings is 1. The van der Waals surface area contributed by atoms with E-state index in [4.69, 9.17) is 4.74 Å². The summed E-state index contributed by atoms with van der Waals surface area (Å²) in [7, 11) is 1.83. The zero-order valence-corrected chi connectivity index (χ0v) is 15.3. The van der Waals surface area contributed by atoms with Gasteiger partial charge in [-0.3, -0.25) is 9.69 Å². The van der Waals surface area contributed by atoms with Crippen molar-refractivity contribution in [2.24, 2.45) is 13.0 Å². The minimum absolute atomic E-state index is 0.00517. The topological polar surface area (TPSA) is 59.4 Å². The fourth-order valence-corrected chi connectivity index (χ4v) is 4.76. The number of hydrogen-bond donors (Lipinski definition) is 1. The Kier molecular flexibility index (Phi) is 4.62. The predicted octanol–water partition coefficient (Wildman–Crippen LogP) is 1.89. The number of nitrogens with one attached hydrogen (secondary N) is 1. The first-order chi connectivity index (χ1) is 12.2. The van der Waals surface area contributed by atoms with E-state index in [2.05, 4.69) is 32.7 Å². The summed E-state index contributed by atoms with van der Waals surface area (Å²) in [5.74, 6) is 0.880. The summed E-state index contributed by atoms with van der Waals surface area (Å²) in [5, 5.41) is 5.13. The van der Waals surface area contributed by atoms with Crippen molar-refractivity contribution in [1.82, 2.24) is 19.8 Å². The maximum Gasteiger partial charge on any atom is 0.287 e.